The Kier molecular flexibility index (Phi) is 7.15. The molecular formula is C21H18BrN3O3S. The molecule has 2 amide bonds. The molecule has 8 heteroatoms. The summed E-state index contributed by atoms with van der Waals surface area (Å²) < 4.78 is 6.28. The highest BCUT2D eigenvalue weighted by Crippen LogP contribution is 2.18. The fourth-order valence-corrected chi connectivity index (χ4v) is 3.09. The van der Waals surface area contributed by atoms with Gasteiger partial charge in [0.25, 0.3) is 5.91 Å². The van der Waals surface area contributed by atoms with Gasteiger partial charge in [-0.05, 0) is 52.8 Å². The van der Waals surface area contributed by atoms with Crippen LogP contribution in [0.2, 0.25) is 0 Å². The predicted octanol–water partition coefficient (Wildman–Crippen LogP) is 3.25. The van der Waals surface area contributed by atoms with Gasteiger partial charge in [0.15, 0.2) is 11.7 Å². The summed E-state index contributed by atoms with van der Waals surface area (Å²) in [6.45, 7) is -0.201. The lowest BCUT2D eigenvalue weighted by Gasteiger charge is -2.12. The van der Waals surface area contributed by atoms with Crippen molar-refractivity contribution in [1.29, 1.82) is 0 Å². The second kappa shape index (κ2) is 9.99. The number of amides is 2. The van der Waals surface area contributed by atoms with Gasteiger partial charge < -0.3 is 4.74 Å². The van der Waals surface area contributed by atoms with Crippen LogP contribution < -0.4 is 20.9 Å². The summed E-state index contributed by atoms with van der Waals surface area (Å²) in [4.78, 5) is 24.1. The topological polar surface area (TPSA) is 79.5 Å². The molecule has 0 saturated carbocycles. The lowest BCUT2D eigenvalue weighted by atomic mass is 10.0. The number of thiocarbonyl (C=S) groups is 1. The zero-order valence-corrected chi connectivity index (χ0v) is 17.7. The number of rotatable bonds is 5. The molecular weight excluding hydrogens is 454 g/mol. The van der Waals surface area contributed by atoms with Gasteiger partial charge in [0, 0.05) is 4.47 Å². The summed E-state index contributed by atoms with van der Waals surface area (Å²) in [6, 6.07) is 20.8. The van der Waals surface area contributed by atoms with Gasteiger partial charge in [-0.25, -0.2) is 0 Å². The average molecular weight is 472 g/mol. The Morgan fingerprint density at radius 2 is 1.62 bits per heavy atom. The van der Waals surface area contributed by atoms with E-state index in [0.717, 1.165) is 20.8 Å². The van der Waals surface area contributed by atoms with Crippen molar-refractivity contribution in [3.05, 3.63) is 76.8 Å². The number of halogens is 1. The van der Waals surface area contributed by atoms with Gasteiger partial charge in [-0.2, -0.15) is 0 Å². The quantitative estimate of drug-likeness (QED) is 0.393. The van der Waals surface area contributed by atoms with Gasteiger partial charge in [0.1, 0.15) is 5.75 Å². The molecule has 0 heterocycles. The van der Waals surface area contributed by atoms with E-state index < -0.39 is 5.91 Å². The summed E-state index contributed by atoms with van der Waals surface area (Å²) in [5, 5.41) is 4.52. The van der Waals surface area contributed by atoms with Crippen molar-refractivity contribution < 1.29 is 14.3 Å². The second-order valence-electron chi connectivity index (χ2n) is 6.11. The van der Waals surface area contributed by atoms with Crippen molar-refractivity contribution in [3.63, 3.8) is 0 Å². The Morgan fingerprint density at radius 1 is 0.897 bits per heavy atom. The summed E-state index contributed by atoms with van der Waals surface area (Å²) in [5.74, 6) is -0.150. The van der Waals surface area contributed by atoms with Gasteiger partial charge in [0.05, 0.1) is 6.42 Å². The van der Waals surface area contributed by atoms with Crippen LogP contribution in [0.5, 0.6) is 5.75 Å². The molecule has 6 nitrogen and oxygen atoms in total. The third-order valence-corrected chi connectivity index (χ3v) is 4.72. The minimum atomic E-state index is -0.436. The summed E-state index contributed by atoms with van der Waals surface area (Å²) in [6.07, 6.45) is 0.178. The minimum absolute atomic E-state index is 0.0133. The predicted molar refractivity (Wildman–Crippen MR) is 119 cm³/mol. The van der Waals surface area contributed by atoms with Crippen LogP contribution in [-0.4, -0.2) is 23.5 Å². The highest BCUT2D eigenvalue weighted by Gasteiger charge is 2.09. The van der Waals surface area contributed by atoms with E-state index in [1.54, 1.807) is 12.1 Å². The van der Waals surface area contributed by atoms with Crippen molar-refractivity contribution in [1.82, 2.24) is 16.2 Å². The Hall–Kier alpha value is -2.97. The van der Waals surface area contributed by atoms with Crippen LogP contribution >= 0.6 is 28.1 Å². The van der Waals surface area contributed by atoms with Crippen LogP contribution in [0, 0.1) is 0 Å². The lowest BCUT2D eigenvalue weighted by Crippen LogP contribution is -2.49. The van der Waals surface area contributed by atoms with Gasteiger partial charge in [-0.1, -0.05) is 58.4 Å². The number of ether oxygens (including phenoxy) is 1. The molecule has 0 spiro atoms. The SMILES string of the molecule is O=C(Cc1cccc2ccccc12)NNC(=S)NC(=O)COc1ccc(Br)cc1. The van der Waals surface area contributed by atoms with Crippen molar-refractivity contribution in [2.24, 2.45) is 0 Å². The van der Waals surface area contributed by atoms with Gasteiger partial charge >= 0.3 is 0 Å². The lowest BCUT2D eigenvalue weighted by molar-refractivity contribution is -0.122. The van der Waals surface area contributed by atoms with E-state index in [2.05, 4.69) is 32.1 Å². The first-order valence-corrected chi connectivity index (χ1v) is 9.95. The van der Waals surface area contributed by atoms with E-state index in [-0.39, 0.29) is 24.0 Å². The molecule has 0 radical (unpaired) electrons. The smallest absolute Gasteiger partial charge is 0.264 e. The molecule has 0 atom stereocenters. The molecule has 0 aliphatic carbocycles. The molecule has 0 bridgehead atoms. The van der Waals surface area contributed by atoms with Crippen LogP contribution in [0.1, 0.15) is 5.56 Å². The van der Waals surface area contributed by atoms with Crippen LogP contribution in [0.15, 0.2) is 71.2 Å². The molecule has 0 unspecified atom stereocenters. The maximum Gasteiger partial charge on any atom is 0.264 e. The van der Waals surface area contributed by atoms with Crippen LogP contribution in [0.3, 0.4) is 0 Å². The zero-order chi connectivity index (χ0) is 20.6. The monoisotopic (exact) mass is 471 g/mol. The van der Waals surface area contributed by atoms with E-state index in [9.17, 15) is 9.59 Å². The number of nitrogens with one attached hydrogen (secondary N) is 3. The van der Waals surface area contributed by atoms with Gasteiger partial charge in [-0.15, -0.1) is 0 Å². The molecule has 0 saturated heterocycles. The summed E-state index contributed by atoms with van der Waals surface area (Å²) in [7, 11) is 0. The molecule has 148 valence electrons. The number of benzene rings is 3. The van der Waals surface area contributed by atoms with Gasteiger partial charge in [-0.3, -0.25) is 25.8 Å². The molecule has 3 N–H and O–H groups in total. The molecule has 0 aliphatic heterocycles. The number of carbonyl (C=O) groups is 2. The largest absolute Gasteiger partial charge is 0.484 e. The van der Waals surface area contributed by atoms with E-state index in [0.29, 0.717) is 5.75 Å². The fraction of sp³-hybridized carbons (Fsp3) is 0.0952. The number of hydrogen-bond acceptors (Lipinski definition) is 4. The number of hydrogen-bond donors (Lipinski definition) is 3. The molecule has 0 fully saturated rings. The summed E-state index contributed by atoms with van der Waals surface area (Å²) >= 11 is 8.34. The Balaban J connectivity index is 1.43. The molecule has 0 aliphatic rings. The maximum absolute atomic E-state index is 12.2. The van der Waals surface area contributed by atoms with Crippen molar-refractivity contribution in [2.45, 2.75) is 6.42 Å². The molecule has 3 aromatic carbocycles. The van der Waals surface area contributed by atoms with Crippen molar-refractivity contribution in [3.8, 4) is 5.75 Å². The highest BCUT2D eigenvalue weighted by atomic mass is 79.9. The number of fused-ring (bicyclic) bond motifs is 1. The van der Waals surface area contributed by atoms with E-state index in [4.69, 9.17) is 17.0 Å². The third kappa shape index (κ3) is 6.27. The van der Waals surface area contributed by atoms with Crippen molar-refractivity contribution >= 4 is 55.8 Å². The fourth-order valence-electron chi connectivity index (χ4n) is 2.66. The first-order valence-electron chi connectivity index (χ1n) is 8.75. The first kappa shape index (κ1) is 20.8. The second-order valence-corrected chi connectivity index (χ2v) is 7.43. The molecule has 3 aromatic rings. The number of carbonyl (C=O) groups excluding carboxylic acids is 2. The third-order valence-electron chi connectivity index (χ3n) is 3.98. The molecule has 29 heavy (non-hydrogen) atoms. The van der Waals surface area contributed by atoms with Crippen LogP contribution in [0.4, 0.5) is 0 Å². The Labute approximate surface area is 181 Å². The molecule has 0 aromatic heterocycles. The molecule has 3 rings (SSSR count). The summed E-state index contributed by atoms with van der Waals surface area (Å²) in [5.41, 5.74) is 5.92. The minimum Gasteiger partial charge on any atom is -0.484 e. The Bertz CT molecular complexity index is 1040. The van der Waals surface area contributed by atoms with Crippen LogP contribution in [-0.2, 0) is 16.0 Å². The normalized spacial score (nSPS) is 10.2. The van der Waals surface area contributed by atoms with Crippen LogP contribution in [0.25, 0.3) is 10.8 Å². The zero-order valence-electron chi connectivity index (χ0n) is 15.3. The van der Waals surface area contributed by atoms with E-state index in [1.165, 1.54) is 0 Å². The average Bonchev–Trinajstić information content (AvgIpc) is 2.72. The van der Waals surface area contributed by atoms with E-state index >= 15 is 0 Å². The van der Waals surface area contributed by atoms with Crippen molar-refractivity contribution in [2.75, 3.05) is 6.61 Å². The Morgan fingerprint density at radius 3 is 2.41 bits per heavy atom. The number of hydrazine groups is 1. The van der Waals surface area contributed by atoms with E-state index in [1.807, 2.05) is 54.6 Å². The maximum atomic E-state index is 12.2. The van der Waals surface area contributed by atoms with Gasteiger partial charge in [0.2, 0.25) is 5.91 Å². The standard InChI is InChI=1S/C21H18BrN3O3S/c22-16-8-10-17(11-9-16)28-13-20(27)23-21(29)25-24-19(26)12-15-6-3-5-14-4-1-2-7-18(14)15/h1-11H,12-13H2,(H,24,26)(H2,23,25,27,29). The highest BCUT2D eigenvalue weighted by molar-refractivity contribution is 9.10. The first-order chi connectivity index (χ1) is 14.0.